The molecule has 7 nitrogen and oxygen atoms in total. The van der Waals surface area contributed by atoms with Gasteiger partial charge in [0.2, 0.25) is 5.91 Å². The lowest BCUT2D eigenvalue weighted by molar-refractivity contribution is -0.124. The van der Waals surface area contributed by atoms with Crippen LogP contribution < -0.4 is 20.1 Å². The summed E-state index contributed by atoms with van der Waals surface area (Å²) in [6.45, 7) is 2.58. The molecule has 0 aliphatic carbocycles. The lowest BCUT2D eigenvalue weighted by Crippen LogP contribution is -2.53. The van der Waals surface area contributed by atoms with Gasteiger partial charge >= 0.3 is 0 Å². The van der Waals surface area contributed by atoms with Crippen LogP contribution in [0.5, 0.6) is 11.5 Å². The van der Waals surface area contributed by atoms with E-state index in [1.165, 1.54) is 0 Å². The van der Waals surface area contributed by atoms with Crippen LogP contribution in [-0.4, -0.2) is 48.2 Å². The number of carbonyl (C=O) groups excluding carboxylic acids is 1. The number of carbonyl (C=O) groups is 1. The second-order valence-corrected chi connectivity index (χ2v) is 5.20. The third-order valence-electron chi connectivity index (χ3n) is 3.72. The fourth-order valence-electron chi connectivity index (χ4n) is 2.70. The summed E-state index contributed by atoms with van der Waals surface area (Å²) in [4.78, 5) is 19.6. The second-order valence-electron chi connectivity index (χ2n) is 5.20. The molecule has 3 N–H and O–H groups in total. The van der Waals surface area contributed by atoms with Crippen molar-refractivity contribution in [3.63, 3.8) is 0 Å². The van der Waals surface area contributed by atoms with Crippen LogP contribution in [0.25, 0.3) is 11.0 Å². The molecule has 0 radical (unpaired) electrons. The molecule has 1 aromatic heterocycles. The van der Waals surface area contributed by atoms with Crippen molar-refractivity contribution >= 4 is 16.9 Å². The Morgan fingerprint density at radius 1 is 1.19 bits per heavy atom. The van der Waals surface area contributed by atoms with Gasteiger partial charge in [-0.3, -0.25) is 4.79 Å². The van der Waals surface area contributed by atoms with Crippen LogP contribution in [0.4, 0.5) is 0 Å². The average molecular weight is 288 g/mol. The van der Waals surface area contributed by atoms with Crippen molar-refractivity contribution in [2.45, 2.75) is 12.5 Å². The number of fused-ring (bicyclic) bond motifs is 2. The molecule has 21 heavy (non-hydrogen) atoms. The predicted octanol–water partition coefficient (Wildman–Crippen LogP) is -0.0354. The van der Waals surface area contributed by atoms with Crippen molar-refractivity contribution in [1.82, 2.24) is 20.6 Å². The molecule has 1 atom stereocenters. The minimum atomic E-state index is -0.235. The highest BCUT2D eigenvalue weighted by Gasteiger charge is 2.23. The van der Waals surface area contributed by atoms with E-state index in [9.17, 15) is 4.79 Å². The fraction of sp³-hybridized carbons (Fsp3) is 0.429. The van der Waals surface area contributed by atoms with Gasteiger partial charge in [-0.05, 0) is 0 Å². The van der Waals surface area contributed by atoms with E-state index in [2.05, 4.69) is 20.6 Å². The average Bonchev–Trinajstić information content (AvgIpc) is 2.88. The molecule has 2 aliphatic heterocycles. The van der Waals surface area contributed by atoms with Gasteiger partial charge in [-0.2, -0.15) is 0 Å². The number of imidazole rings is 1. The van der Waals surface area contributed by atoms with Crippen LogP contribution in [0.1, 0.15) is 5.82 Å². The van der Waals surface area contributed by atoms with E-state index in [4.69, 9.17) is 9.47 Å². The zero-order valence-corrected chi connectivity index (χ0v) is 11.4. The number of amides is 1. The Morgan fingerprint density at radius 2 is 2.00 bits per heavy atom. The number of aromatic nitrogens is 2. The number of nitrogens with zero attached hydrogens (tertiary/aromatic N) is 1. The number of aromatic amines is 1. The summed E-state index contributed by atoms with van der Waals surface area (Å²) >= 11 is 0. The van der Waals surface area contributed by atoms with Gasteiger partial charge in [-0.15, -0.1) is 0 Å². The summed E-state index contributed by atoms with van der Waals surface area (Å²) in [6, 6.07) is 3.54. The van der Waals surface area contributed by atoms with Crippen LogP contribution in [0.3, 0.4) is 0 Å². The molecule has 4 rings (SSSR count). The molecular weight excluding hydrogens is 272 g/mol. The Hall–Kier alpha value is -2.28. The second kappa shape index (κ2) is 4.92. The van der Waals surface area contributed by atoms with E-state index in [0.717, 1.165) is 34.9 Å². The summed E-state index contributed by atoms with van der Waals surface area (Å²) in [7, 11) is 0. The highest BCUT2D eigenvalue weighted by atomic mass is 16.6. The minimum absolute atomic E-state index is 0.0210. The first kappa shape index (κ1) is 12.5. The largest absolute Gasteiger partial charge is 0.486 e. The standard InChI is InChI=1S/C14H16N4O3/c19-14-10(15-1-2-16-14)7-13-17-8-5-11-12(6-9(8)18-13)21-4-3-20-11/h5-6,10,15H,1-4,7H2,(H,16,19)(H,17,18). The van der Waals surface area contributed by atoms with Crippen LogP contribution in [-0.2, 0) is 11.2 Å². The number of rotatable bonds is 2. The van der Waals surface area contributed by atoms with Crippen LogP contribution in [0.2, 0.25) is 0 Å². The van der Waals surface area contributed by atoms with Crippen molar-refractivity contribution in [2.75, 3.05) is 26.3 Å². The number of nitrogens with one attached hydrogen (secondary N) is 3. The van der Waals surface area contributed by atoms with Crippen molar-refractivity contribution < 1.29 is 14.3 Å². The van der Waals surface area contributed by atoms with Crippen LogP contribution in [0, 0.1) is 0 Å². The third kappa shape index (κ3) is 2.29. The van der Waals surface area contributed by atoms with E-state index < -0.39 is 0 Å². The van der Waals surface area contributed by atoms with E-state index in [1.54, 1.807) is 0 Å². The number of ether oxygens (including phenoxy) is 2. The molecule has 1 amide bonds. The first-order chi connectivity index (χ1) is 10.3. The molecule has 7 heteroatoms. The number of hydrogen-bond acceptors (Lipinski definition) is 5. The van der Waals surface area contributed by atoms with Gasteiger partial charge in [0.25, 0.3) is 0 Å². The molecule has 3 heterocycles. The van der Waals surface area contributed by atoms with E-state index in [0.29, 0.717) is 26.2 Å². The molecule has 2 aromatic rings. The minimum Gasteiger partial charge on any atom is -0.486 e. The first-order valence-electron chi connectivity index (χ1n) is 7.09. The van der Waals surface area contributed by atoms with E-state index in [-0.39, 0.29) is 11.9 Å². The van der Waals surface area contributed by atoms with Crippen molar-refractivity contribution in [3.8, 4) is 11.5 Å². The van der Waals surface area contributed by atoms with E-state index >= 15 is 0 Å². The number of hydrogen-bond donors (Lipinski definition) is 3. The zero-order chi connectivity index (χ0) is 14.2. The summed E-state index contributed by atoms with van der Waals surface area (Å²) in [6.07, 6.45) is 0.535. The topological polar surface area (TPSA) is 88.3 Å². The Morgan fingerprint density at radius 3 is 2.81 bits per heavy atom. The molecule has 0 bridgehead atoms. The maximum Gasteiger partial charge on any atom is 0.237 e. The fourth-order valence-corrected chi connectivity index (χ4v) is 2.70. The lowest BCUT2D eigenvalue weighted by Gasteiger charge is -2.22. The van der Waals surface area contributed by atoms with E-state index in [1.807, 2.05) is 12.1 Å². The molecular formula is C14H16N4O3. The number of H-pyrrole nitrogens is 1. The normalized spacial score (nSPS) is 21.3. The molecule has 0 saturated carbocycles. The highest BCUT2D eigenvalue weighted by molar-refractivity contribution is 5.83. The Kier molecular flexibility index (Phi) is 2.92. The molecule has 1 fully saturated rings. The number of piperazine rings is 1. The maximum atomic E-state index is 11.8. The van der Waals surface area contributed by atoms with Crippen molar-refractivity contribution in [2.24, 2.45) is 0 Å². The smallest absolute Gasteiger partial charge is 0.237 e. The number of benzene rings is 1. The van der Waals surface area contributed by atoms with Gasteiger partial charge in [-0.25, -0.2) is 4.98 Å². The predicted molar refractivity (Wildman–Crippen MR) is 75.6 cm³/mol. The monoisotopic (exact) mass is 288 g/mol. The molecule has 1 saturated heterocycles. The van der Waals surface area contributed by atoms with Gasteiger partial charge in [-0.1, -0.05) is 0 Å². The Balaban J connectivity index is 1.62. The SMILES string of the molecule is O=C1NCCNC1Cc1nc2cc3c(cc2[nH]1)OCCO3. The quantitative estimate of drug-likeness (QED) is 0.722. The Labute approximate surface area is 121 Å². The molecule has 2 aliphatic rings. The van der Waals surface area contributed by atoms with Gasteiger partial charge in [0, 0.05) is 31.6 Å². The molecule has 1 unspecified atom stereocenters. The zero-order valence-electron chi connectivity index (χ0n) is 11.4. The van der Waals surface area contributed by atoms with Gasteiger partial charge < -0.3 is 25.1 Å². The van der Waals surface area contributed by atoms with Gasteiger partial charge in [0.1, 0.15) is 19.0 Å². The lowest BCUT2D eigenvalue weighted by atomic mass is 10.1. The van der Waals surface area contributed by atoms with Crippen molar-refractivity contribution in [1.29, 1.82) is 0 Å². The van der Waals surface area contributed by atoms with Gasteiger partial charge in [0.15, 0.2) is 11.5 Å². The third-order valence-corrected chi connectivity index (χ3v) is 3.72. The maximum absolute atomic E-state index is 11.8. The summed E-state index contributed by atoms with van der Waals surface area (Å²) in [5, 5.41) is 6.04. The van der Waals surface area contributed by atoms with Gasteiger partial charge in [0.05, 0.1) is 17.1 Å². The summed E-state index contributed by atoms with van der Waals surface area (Å²) in [5.41, 5.74) is 1.72. The molecule has 110 valence electrons. The Bertz CT molecular complexity index is 654. The summed E-state index contributed by atoms with van der Waals surface area (Å²) < 4.78 is 11.1. The van der Waals surface area contributed by atoms with Crippen LogP contribution >= 0.6 is 0 Å². The highest BCUT2D eigenvalue weighted by Crippen LogP contribution is 2.33. The van der Waals surface area contributed by atoms with Crippen molar-refractivity contribution in [3.05, 3.63) is 18.0 Å². The van der Waals surface area contributed by atoms with Crippen LogP contribution in [0.15, 0.2) is 12.1 Å². The summed E-state index contributed by atoms with van der Waals surface area (Å²) in [5.74, 6) is 2.26. The molecule has 1 aromatic carbocycles. The molecule has 0 spiro atoms. The first-order valence-corrected chi connectivity index (χ1v) is 7.09.